The summed E-state index contributed by atoms with van der Waals surface area (Å²) in [5.41, 5.74) is 2.95. The Morgan fingerprint density at radius 1 is 1.48 bits per heavy atom. The number of aliphatic hydroxyl groups excluding tert-OH is 1. The van der Waals surface area contributed by atoms with Crippen LogP contribution < -0.4 is 5.32 Å². The molecule has 1 fully saturated rings. The summed E-state index contributed by atoms with van der Waals surface area (Å²) in [6, 6.07) is 5.67. The van der Waals surface area contributed by atoms with Gasteiger partial charge in [-0.05, 0) is 52.9 Å². The molecule has 122 valence electrons. The fourth-order valence-electron chi connectivity index (χ4n) is 2.91. The number of nitrogens with one attached hydrogen (secondary N) is 1. The van der Waals surface area contributed by atoms with E-state index in [1.54, 1.807) is 28.4 Å². The number of aryl methyl sites for hydroxylation is 1. The number of urea groups is 1. The second-order valence-electron chi connectivity index (χ2n) is 5.85. The third-order valence-electron chi connectivity index (χ3n) is 4.17. The second-order valence-corrected chi connectivity index (χ2v) is 6.60. The van der Waals surface area contributed by atoms with Crippen molar-refractivity contribution in [3.05, 3.63) is 57.5 Å². The molecule has 4 nitrogen and oxygen atoms in total. The number of rotatable bonds is 3. The zero-order chi connectivity index (χ0) is 16.4. The molecule has 3 rings (SSSR count). The molecular weight excluding hydrogens is 315 g/mol. The number of β-amino-alcohol motifs (C(OH)–C–C–N with tert-alkyl or cyclic N) is 1. The first-order chi connectivity index (χ1) is 11.0. The van der Waals surface area contributed by atoms with Gasteiger partial charge >= 0.3 is 6.03 Å². The normalized spacial score (nSPS) is 20.7. The number of amides is 2. The fraction of sp³-hybridized carbons (Fsp3) is 0.353. The summed E-state index contributed by atoms with van der Waals surface area (Å²) in [6.45, 7) is 2.72. The van der Waals surface area contributed by atoms with Gasteiger partial charge in [-0.3, -0.25) is 0 Å². The standard InChI is InChI=1S/C17H19FN2O2S/c1-11-9-23-10-13(11)7-19-17(22)20-8-15(21)6-16(20)12-3-2-4-14(18)5-12/h2-5,9-10,15-16,21H,6-8H2,1H3,(H,19,22)/t15-,16-/m0/s1. The molecule has 1 aromatic carbocycles. The van der Waals surface area contributed by atoms with Gasteiger partial charge in [0.05, 0.1) is 12.1 Å². The van der Waals surface area contributed by atoms with Crippen LogP contribution in [0.1, 0.15) is 29.2 Å². The maximum atomic E-state index is 13.4. The van der Waals surface area contributed by atoms with Gasteiger partial charge in [0.2, 0.25) is 0 Å². The first-order valence-corrected chi connectivity index (χ1v) is 8.48. The molecule has 2 aromatic rings. The van der Waals surface area contributed by atoms with Gasteiger partial charge in [0.15, 0.2) is 0 Å². The number of benzene rings is 1. The van der Waals surface area contributed by atoms with E-state index in [1.165, 1.54) is 12.1 Å². The van der Waals surface area contributed by atoms with E-state index in [0.717, 1.165) is 11.1 Å². The Morgan fingerprint density at radius 3 is 3.00 bits per heavy atom. The van der Waals surface area contributed by atoms with Crippen molar-refractivity contribution in [3.63, 3.8) is 0 Å². The number of aliphatic hydroxyl groups is 1. The predicted molar refractivity (Wildman–Crippen MR) is 87.8 cm³/mol. The maximum absolute atomic E-state index is 13.4. The Hall–Kier alpha value is -1.92. The van der Waals surface area contributed by atoms with Crippen molar-refractivity contribution in [2.45, 2.75) is 32.0 Å². The van der Waals surface area contributed by atoms with Crippen LogP contribution in [0.3, 0.4) is 0 Å². The molecule has 0 spiro atoms. The molecule has 1 aliphatic heterocycles. The number of hydrogen-bond acceptors (Lipinski definition) is 3. The Morgan fingerprint density at radius 2 is 2.30 bits per heavy atom. The maximum Gasteiger partial charge on any atom is 0.318 e. The summed E-state index contributed by atoms with van der Waals surface area (Å²) >= 11 is 1.60. The third kappa shape index (κ3) is 3.54. The Balaban J connectivity index is 1.71. The monoisotopic (exact) mass is 334 g/mol. The summed E-state index contributed by atoms with van der Waals surface area (Å²) in [7, 11) is 0. The van der Waals surface area contributed by atoms with E-state index in [4.69, 9.17) is 0 Å². The van der Waals surface area contributed by atoms with Crippen LogP contribution in [0.15, 0.2) is 35.0 Å². The van der Waals surface area contributed by atoms with Gasteiger partial charge in [0.1, 0.15) is 5.82 Å². The number of carbonyl (C=O) groups is 1. The molecule has 0 aliphatic carbocycles. The van der Waals surface area contributed by atoms with Gasteiger partial charge in [0.25, 0.3) is 0 Å². The lowest BCUT2D eigenvalue weighted by Gasteiger charge is -2.25. The molecule has 0 radical (unpaired) electrons. The lowest BCUT2D eigenvalue weighted by Crippen LogP contribution is -2.39. The number of halogens is 1. The second kappa shape index (κ2) is 6.68. The first-order valence-electron chi connectivity index (χ1n) is 7.54. The van der Waals surface area contributed by atoms with Gasteiger partial charge in [-0.25, -0.2) is 9.18 Å². The van der Waals surface area contributed by atoms with Crippen LogP contribution in [0.2, 0.25) is 0 Å². The molecule has 2 heterocycles. The molecule has 2 atom stereocenters. The molecule has 0 saturated carbocycles. The average molecular weight is 334 g/mol. The Kier molecular flexibility index (Phi) is 4.63. The largest absolute Gasteiger partial charge is 0.391 e. The predicted octanol–water partition coefficient (Wildman–Crippen LogP) is 3.21. The zero-order valence-corrected chi connectivity index (χ0v) is 13.6. The van der Waals surface area contributed by atoms with Gasteiger partial charge in [-0.15, -0.1) is 0 Å². The summed E-state index contributed by atoms with van der Waals surface area (Å²) in [4.78, 5) is 14.1. The molecule has 0 unspecified atom stereocenters. The minimum absolute atomic E-state index is 0.235. The van der Waals surface area contributed by atoms with Crippen LogP contribution in [0.25, 0.3) is 0 Å². The van der Waals surface area contributed by atoms with Crippen molar-refractivity contribution in [3.8, 4) is 0 Å². The van der Waals surface area contributed by atoms with Crippen molar-refractivity contribution in [2.75, 3.05) is 6.54 Å². The number of hydrogen-bond donors (Lipinski definition) is 2. The Labute approximate surface area is 138 Å². The van der Waals surface area contributed by atoms with Crippen molar-refractivity contribution in [1.82, 2.24) is 10.2 Å². The summed E-state index contributed by atoms with van der Waals surface area (Å²) in [5, 5.41) is 16.9. The van der Waals surface area contributed by atoms with Gasteiger partial charge in [0, 0.05) is 13.1 Å². The quantitative estimate of drug-likeness (QED) is 0.905. The van der Waals surface area contributed by atoms with Crippen LogP contribution in [-0.4, -0.2) is 28.7 Å². The third-order valence-corrected chi connectivity index (χ3v) is 5.08. The van der Waals surface area contributed by atoms with Crippen LogP contribution in [0.5, 0.6) is 0 Å². The van der Waals surface area contributed by atoms with E-state index >= 15 is 0 Å². The SMILES string of the molecule is Cc1cscc1CNC(=O)N1C[C@@H](O)C[C@H]1c1cccc(F)c1. The number of thiophene rings is 1. The minimum Gasteiger partial charge on any atom is -0.391 e. The molecule has 23 heavy (non-hydrogen) atoms. The van der Waals surface area contributed by atoms with Crippen molar-refractivity contribution < 1.29 is 14.3 Å². The van der Waals surface area contributed by atoms with Crippen molar-refractivity contribution in [2.24, 2.45) is 0 Å². The number of nitrogens with zero attached hydrogens (tertiary/aromatic N) is 1. The molecular formula is C17H19FN2O2S. The van der Waals surface area contributed by atoms with Gasteiger partial charge in [-0.2, -0.15) is 11.3 Å². The lowest BCUT2D eigenvalue weighted by molar-refractivity contribution is 0.169. The van der Waals surface area contributed by atoms with Crippen LogP contribution in [0, 0.1) is 12.7 Å². The molecule has 1 aromatic heterocycles. The van der Waals surface area contributed by atoms with E-state index in [2.05, 4.69) is 5.32 Å². The number of likely N-dealkylation sites (tertiary alicyclic amines) is 1. The molecule has 1 aliphatic rings. The highest BCUT2D eigenvalue weighted by atomic mass is 32.1. The molecule has 2 amide bonds. The highest BCUT2D eigenvalue weighted by Crippen LogP contribution is 2.32. The fourth-order valence-corrected chi connectivity index (χ4v) is 3.77. The van der Waals surface area contributed by atoms with Crippen LogP contribution in [0.4, 0.5) is 9.18 Å². The summed E-state index contributed by atoms with van der Waals surface area (Å²) in [6.07, 6.45) is -0.161. The van der Waals surface area contributed by atoms with E-state index in [-0.39, 0.29) is 24.4 Å². The van der Waals surface area contributed by atoms with E-state index in [1.807, 2.05) is 17.7 Å². The molecule has 6 heteroatoms. The smallest absolute Gasteiger partial charge is 0.318 e. The van der Waals surface area contributed by atoms with Crippen LogP contribution in [-0.2, 0) is 6.54 Å². The highest BCUT2D eigenvalue weighted by Gasteiger charge is 2.35. The van der Waals surface area contributed by atoms with Crippen molar-refractivity contribution in [1.29, 1.82) is 0 Å². The van der Waals surface area contributed by atoms with Crippen molar-refractivity contribution >= 4 is 17.4 Å². The van der Waals surface area contributed by atoms with Gasteiger partial charge in [-0.1, -0.05) is 12.1 Å². The molecule has 2 N–H and O–H groups in total. The number of carbonyl (C=O) groups excluding carboxylic acids is 1. The Bertz CT molecular complexity index is 703. The van der Waals surface area contributed by atoms with E-state index < -0.39 is 6.10 Å². The van der Waals surface area contributed by atoms with Gasteiger partial charge < -0.3 is 15.3 Å². The van der Waals surface area contributed by atoms with E-state index in [9.17, 15) is 14.3 Å². The zero-order valence-electron chi connectivity index (χ0n) is 12.8. The topological polar surface area (TPSA) is 52.6 Å². The summed E-state index contributed by atoms with van der Waals surface area (Å²) < 4.78 is 13.4. The van der Waals surface area contributed by atoms with Crippen LogP contribution >= 0.6 is 11.3 Å². The lowest BCUT2D eigenvalue weighted by atomic mass is 10.0. The first kappa shape index (κ1) is 16.0. The highest BCUT2D eigenvalue weighted by molar-refractivity contribution is 7.08. The minimum atomic E-state index is -0.586. The van der Waals surface area contributed by atoms with E-state index in [0.29, 0.717) is 18.5 Å². The molecule has 0 bridgehead atoms. The summed E-state index contributed by atoms with van der Waals surface area (Å²) in [5.74, 6) is -0.335. The molecule has 1 saturated heterocycles. The average Bonchev–Trinajstić information content (AvgIpc) is 3.11.